The van der Waals surface area contributed by atoms with Gasteiger partial charge in [0.2, 0.25) is 11.7 Å². The second-order valence-electron chi connectivity index (χ2n) is 8.07. The molecule has 4 aromatic heterocycles. The summed E-state index contributed by atoms with van der Waals surface area (Å²) in [4.78, 5) is 27.6. The summed E-state index contributed by atoms with van der Waals surface area (Å²) in [6.45, 7) is 4.16. The van der Waals surface area contributed by atoms with E-state index in [-0.39, 0.29) is 5.91 Å². The fraction of sp³-hybridized carbons (Fsp3) is 0.318. The summed E-state index contributed by atoms with van der Waals surface area (Å²) in [6.07, 6.45) is 5.89. The number of nitrogens with zero attached hydrogens (tertiary/aromatic N) is 6. The molecule has 0 saturated carbocycles. The highest BCUT2D eigenvalue weighted by Crippen LogP contribution is 2.27. The highest BCUT2D eigenvalue weighted by atomic mass is 19.1. The molecule has 158 valence electrons. The van der Waals surface area contributed by atoms with Gasteiger partial charge in [-0.05, 0) is 44.0 Å². The number of piperidine rings is 1. The Bertz CT molecular complexity index is 1250. The summed E-state index contributed by atoms with van der Waals surface area (Å²) in [6, 6.07) is 7.45. The quantitative estimate of drug-likeness (QED) is 0.502. The lowest BCUT2D eigenvalue weighted by molar-refractivity contribution is 0.0504. The second-order valence-corrected chi connectivity index (χ2v) is 8.07. The fourth-order valence-electron chi connectivity index (χ4n) is 3.77. The lowest BCUT2D eigenvalue weighted by atomic mass is 9.95. The number of carbonyl (C=O) groups excluding carboxylic acids is 1. The average molecular weight is 420 g/mol. The van der Waals surface area contributed by atoms with E-state index in [4.69, 9.17) is 4.52 Å². The molecule has 8 nitrogen and oxygen atoms in total. The van der Waals surface area contributed by atoms with E-state index in [0.717, 1.165) is 16.7 Å². The molecule has 4 aromatic rings. The Hall–Kier alpha value is -3.62. The Balaban J connectivity index is 1.39. The lowest BCUT2D eigenvalue weighted by Gasteiger charge is -2.34. The number of alkyl halides is 1. The molecule has 0 aliphatic carbocycles. The van der Waals surface area contributed by atoms with Crippen LogP contribution in [-0.2, 0) is 0 Å². The van der Waals surface area contributed by atoms with Gasteiger partial charge in [0.25, 0.3) is 5.91 Å². The lowest BCUT2D eigenvalue weighted by Crippen LogP contribution is -2.43. The molecular formula is C22H21FN6O2. The van der Waals surface area contributed by atoms with E-state index in [1.54, 1.807) is 31.1 Å². The molecule has 5 rings (SSSR count). The number of carbonyl (C=O) groups is 1. The standard InChI is InChI=1S/C22H21FN6O2/c1-14-26-19(27-31-14)18-4-3-17(13-24-18)29-8-5-15-11-16(12-25-20(15)29)21(30)28-9-6-22(2,23)7-10-28/h3-5,8,11-13H,6-7,9-10H2,1-2H3. The van der Waals surface area contributed by atoms with Crippen LogP contribution in [0.1, 0.15) is 36.0 Å². The monoisotopic (exact) mass is 420 g/mol. The van der Waals surface area contributed by atoms with Gasteiger partial charge in [-0.1, -0.05) is 5.16 Å². The molecule has 0 spiro atoms. The molecule has 1 aliphatic heterocycles. The molecule has 31 heavy (non-hydrogen) atoms. The molecule has 1 amide bonds. The Morgan fingerprint density at radius 3 is 2.65 bits per heavy atom. The average Bonchev–Trinajstić information content (AvgIpc) is 3.39. The molecule has 0 bridgehead atoms. The molecule has 9 heteroatoms. The predicted molar refractivity (Wildman–Crippen MR) is 112 cm³/mol. The van der Waals surface area contributed by atoms with Gasteiger partial charge >= 0.3 is 0 Å². The zero-order chi connectivity index (χ0) is 21.6. The van der Waals surface area contributed by atoms with Crippen molar-refractivity contribution >= 4 is 16.9 Å². The summed E-state index contributed by atoms with van der Waals surface area (Å²) in [5, 5.41) is 4.72. The van der Waals surface area contributed by atoms with Gasteiger partial charge < -0.3 is 9.42 Å². The van der Waals surface area contributed by atoms with Gasteiger partial charge in [0.1, 0.15) is 17.0 Å². The zero-order valence-corrected chi connectivity index (χ0v) is 17.2. The normalized spacial score (nSPS) is 16.0. The Morgan fingerprint density at radius 2 is 1.97 bits per heavy atom. The first-order valence-corrected chi connectivity index (χ1v) is 10.1. The van der Waals surface area contributed by atoms with Crippen molar-refractivity contribution in [2.45, 2.75) is 32.4 Å². The number of amides is 1. The van der Waals surface area contributed by atoms with Gasteiger partial charge in [-0.3, -0.25) is 14.3 Å². The number of halogens is 1. The highest BCUT2D eigenvalue weighted by Gasteiger charge is 2.32. The third-order valence-electron chi connectivity index (χ3n) is 5.65. The van der Waals surface area contributed by atoms with Crippen LogP contribution in [0.3, 0.4) is 0 Å². The van der Waals surface area contributed by atoms with Crippen molar-refractivity contribution in [1.82, 2.24) is 29.6 Å². The first-order valence-electron chi connectivity index (χ1n) is 10.1. The van der Waals surface area contributed by atoms with Crippen LogP contribution in [0.5, 0.6) is 0 Å². The van der Waals surface area contributed by atoms with Crippen molar-refractivity contribution in [2.24, 2.45) is 0 Å². The van der Waals surface area contributed by atoms with Crippen LogP contribution in [0.2, 0.25) is 0 Å². The maximum atomic E-state index is 14.0. The molecule has 1 saturated heterocycles. The van der Waals surface area contributed by atoms with Crippen molar-refractivity contribution in [2.75, 3.05) is 13.1 Å². The van der Waals surface area contributed by atoms with Crippen molar-refractivity contribution in [3.8, 4) is 17.2 Å². The van der Waals surface area contributed by atoms with Gasteiger partial charge in [-0.15, -0.1) is 0 Å². The van der Waals surface area contributed by atoms with E-state index in [1.165, 1.54) is 0 Å². The van der Waals surface area contributed by atoms with Crippen LogP contribution < -0.4 is 0 Å². The largest absolute Gasteiger partial charge is 0.339 e. The van der Waals surface area contributed by atoms with Crippen LogP contribution in [0, 0.1) is 6.92 Å². The minimum atomic E-state index is -1.19. The second kappa shape index (κ2) is 7.26. The number of aromatic nitrogens is 5. The molecule has 0 N–H and O–H groups in total. The molecule has 1 aliphatic rings. The van der Waals surface area contributed by atoms with E-state index in [2.05, 4.69) is 20.1 Å². The summed E-state index contributed by atoms with van der Waals surface area (Å²) in [7, 11) is 0. The van der Waals surface area contributed by atoms with Crippen LogP contribution in [0.25, 0.3) is 28.2 Å². The Morgan fingerprint density at radius 1 is 1.16 bits per heavy atom. The van der Waals surface area contributed by atoms with E-state index in [1.807, 2.05) is 35.0 Å². The van der Waals surface area contributed by atoms with E-state index >= 15 is 0 Å². The van der Waals surface area contributed by atoms with Crippen molar-refractivity contribution < 1.29 is 13.7 Å². The third-order valence-corrected chi connectivity index (χ3v) is 5.65. The number of pyridine rings is 2. The third kappa shape index (κ3) is 3.67. The number of likely N-dealkylation sites (tertiary alicyclic amines) is 1. The number of rotatable bonds is 3. The van der Waals surface area contributed by atoms with Crippen LogP contribution in [0.4, 0.5) is 4.39 Å². The minimum absolute atomic E-state index is 0.112. The van der Waals surface area contributed by atoms with Crippen LogP contribution >= 0.6 is 0 Å². The number of aryl methyl sites for hydroxylation is 1. The van der Waals surface area contributed by atoms with Crippen LogP contribution in [-0.4, -0.2) is 54.2 Å². The van der Waals surface area contributed by atoms with Crippen molar-refractivity contribution in [3.05, 3.63) is 54.3 Å². The van der Waals surface area contributed by atoms with E-state index < -0.39 is 5.67 Å². The molecule has 1 fully saturated rings. The smallest absolute Gasteiger partial charge is 0.255 e. The Labute approximate surface area is 177 Å². The molecule has 0 atom stereocenters. The summed E-state index contributed by atoms with van der Waals surface area (Å²) in [5.74, 6) is 0.808. The zero-order valence-electron chi connectivity index (χ0n) is 17.2. The van der Waals surface area contributed by atoms with Gasteiger partial charge in [-0.25, -0.2) is 9.37 Å². The first kappa shape index (κ1) is 19.3. The summed E-state index contributed by atoms with van der Waals surface area (Å²) in [5.41, 5.74) is 1.47. The molecule has 5 heterocycles. The van der Waals surface area contributed by atoms with Gasteiger partial charge in [0, 0.05) is 37.8 Å². The van der Waals surface area contributed by atoms with Gasteiger partial charge in [-0.2, -0.15) is 4.98 Å². The van der Waals surface area contributed by atoms with Gasteiger partial charge in [0.15, 0.2) is 0 Å². The number of fused-ring (bicyclic) bond motifs is 1. The van der Waals surface area contributed by atoms with Gasteiger partial charge in [0.05, 0.1) is 17.4 Å². The SMILES string of the molecule is Cc1nc(-c2ccc(-n3ccc4cc(C(=O)N5CCC(C)(F)CC5)cnc43)cn2)no1. The Kier molecular flexibility index (Phi) is 4.53. The number of hydrogen-bond donors (Lipinski definition) is 0. The molecule has 0 radical (unpaired) electrons. The molecular weight excluding hydrogens is 399 g/mol. The maximum absolute atomic E-state index is 14.0. The van der Waals surface area contributed by atoms with Crippen LogP contribution in [0.15, 0.2) is 47.4 Å². The van der Waals surface area contributed by atoms with Crippen molar-refractivity contribution in [1.29, 1.82) is 0 Å². The minimum Gasteiger partial charge on any atom is -0.339 e. The fourth-order valence-corrected chi connectivity index (χ4v) is 3.77. The molecule has 0 unspecified atom stereocenters. The topological polar surface area (TPSA) is 89.9 Å². The first-order chi connectivity index (χ1) is 14.9. The summed E-state index contributed by atoms with van der Waals surface area (Å²) >= 11 is 0. The highest BCUT2D eigenvalue weighted by molar-refractivity contribution is 5.97. The van der Waals surface area contributed by atoms with E-state index in [0.29, 0.717) is 48.9 Å². The molecule has 0 aromatic carbocycles. The number of hydrogen-bond acceptors (Lipinski definition) is 6. The summed E-state index contributed by atoms with van der Waals surface area (Å²) < 4.78 is 20.9. The predicted octanol–water partition coefficient (Wildman–Crippen LogP) is 3.74. The van der Waals surface area contributed by atoms with Crippen molar-refractivity contribution in [3.63, 3.8) is 0 Å². The van der Waals surface area contributed by atoms with E-state index in [9.17, 15) is 9.18 Å². The maximum Gasteiger partial charge on any atom is 0.255 e.